The van der Waals surface area contributed by atoms with Crippen molar-refractivity contribution in [1.29, 1.82) is 5.26 Å². The molecule has 0 amide bonds. The molecular formula is C11H8NO2S-. The molecule has 0 aliphatic rings. The van der Waals surface area contributed by atoms with Crippen LogP contribution in [0.3, 0.4) is 0 Å². The molecule has 0 aromatic heterocycles. The number of fused-ring (bicyclic) bond motifs is 1. The van der Waals surface area contributed by atoms with Gasteiger partial charge in [-0.1, -0.05) is 35.7 Å². The number of benzene rings is 2. The second-order valence-electron chi connectivity index (χ2n) is 2.75. The van der Waals surface area contributed by atoms with Crippen molar-refractivity contribution < 1.29 is 10.2 Å². The van der Waals surface area contributed by atoms with E-state index in [1.54, 1.807) is 12.1 Å². The third kappa shape index (κ3) is 2.48. The van der Waals surface area contributed by atoms with Crippen LogP contribution in [0.4, 0.5) is 0 Å². The Morgan fingerprint density at radius 3 is 2.33 bits per heavy atom. The molecule has 0 unspecified atom stereocenters. The Labute approximate surface area is 92.6 Å². The van der Waals surface area contributed by atoms with Gasteiger partial charge in [0, 0.05) is 5.39 Å². The summed E-state index contributed by atoms with van der Waals surface area (Å²) < 4.78 is 0. The molecule has 0 heterocycles. The molecule has 2 rings (SSSR count). The van der Waals surface area contributed by atoms with E-state index in [2.05, 4.69) is 12.6 Å². The number of phenolic OH excluding ortho intramolecular Hbond substituents is 2. The Kier molecular flexibility index (Phi) is 3.72. The molecule has 0 fully saturated rings. The summed E-state index contributed by atoms with van der Waals surface area (Å²) in [5.74, 6) is -0.123. The van der Waals surface area contributed by atoms with Gasteiger partial charge in [0.1, 0.15) is 0 Å². The van der Waals surface area contributed by atoms with E-state index in [-0.39, 0.29) is 11.5 Å². The quantitative estimate of drug-likeness (QED) is 0.404. The van der Waals surface area contributed by atoms with E-state index in [4.69, 9.17) is 10.4 Å². The van der Waals surface area contributed by atoms with Crippen LogP contribution in [0.1, 0.15) is 0 Å². The number of nitriles is 1. The summed E-state index contributed by atoms with van der Waals surface area (Å²) in [5.41, 5.74) is 0. The number of aromatic hydroxyl groups is 2. The first-order chi connectivity index (χ1) is 7.20. The van der Waals surface area contributed by atoms with Crippen LogP contribution < -0.4 is 0 Å². The van der Waals surface area contributed by atoms with Gasteiger partial charge in [0.05, 0.1) is 0 Å². The maximum Gasteiger partial charge on any atom is 0.165 e. The second kappa shape index (κ2) is 5.03. The van der Waals surface area contributed by atoms with Gasteiger partial charge in [0.2, 0.25) is 0 Å². The van der Waals surface area contributed by atoms with E-state index >= 15 is 0 Å². The van der Waals surface area contributed by atoms with E-state index in [1.165, 1.54) is 11.5 Å². The molecule has 2 aromatic carbocycles. The molecule has 4 heteroatoms. The highest BCUT2D eigenvalue weighted by Gasteiger charge is 2.02. The predicted molar refractivity (Wildman–Crippen MR) is 60.3 cm³/mol. The van der Waals surface area contributed by atoms with Gasteiger partial charge in [-0.05, 0) is 11.5 Å². The Morgan fingerprint density at radius 2 is 1.67 bits per heavy atom. The lowest BCUT2D eigenvalue weighted by molar-refractivity contribution is 0.408. The zero-order valence-electron chi connectivity index (χ0n) is 7.71. The van der Waals surface area contributed by atoms with E-state index in [1.807, 2.05) is 18.2 Å². The average molecular weight is 218 g/mol. The van der Waals surface area contributed by atoms with Crippen LogP contribution in [0.15, 0.2) is 36.4 Å². The van der Waals surface area contributed by atoms with Gasteiger partial charge in [0.25, 0.3) is 0 Å². The zero-order chi connectivity index (χ0) is 11.3. The fraction of sp³-hybridized carbons (Fsp3) is 0. The molecule has 0 saturated carbocycles. The zero-order valence-corrected chi connectivity index (χ0v) is 8.53. The number of nitrogens with zero attached hydrogens (tertiary/aromatic N) is 1. The van der Waals surface area contributed by atoms with Gasteiger partial charge in [0.15, 0.2) is 11.5 Å². The molecule has 2 aromatic rings. The van der Waals surface area contributed by atoms with Crippen LogP contribution in [-0.4, -0.2) is 10.2 Å². The van der Waals surface area contributed by atoms with E-state index < -0.39 is 0 Å². The number of hydrogen-bond donors (Lipinski definition) is 2. The Bertz CT molecular complexity index is 505. The summed E-state index contributed by atoms with van der Waals surface area (Å²) in [4.78, 5) is 0. The highest BCUT2D eigenvalue weighted by molar-refractivity contribution is 7.64. The summed E-state index contributed by atoms with van der Waals surface area (Å²) in [7, 11) is 0. The minimum atomic E-state index is -0.0753. The first-order valence-electron chi connectivity index (χ1n) is 4.11. The average Bonchev–Trinajstić information content (AvgIpc) is 2.25. The van der Waals surface area contributed by atoms with Crippen molar-refractivity contribution in [2.24, 2.45) is 0 Å². The van der Waals surface area contributed by atoms with Gasteiger partial charge in [-0.2, -0.15) is 0 Å². The van der Waals surface area contributed by atoms with Gasteiger partial charge >= 0.3 is 0 Å². The third-order valence-electron chi connectivity index (χ3n) is 1.88. The number of hydrogen-bond acceptors (Lipinski definition) is 4. The summed E-state index contributed by atoms with van der Waals surface area (Å²) in [6, 6.07) is 10.6. The minimum Gasteiger partial charge on any atom is -0.696 e. The summed E-state index contributed by atoms with van der Waals surface area (Å²) in [6.45, 7) is 0. The van der Waals surface area contributed by atoms with Crippen molar-refractivity contribution in [2.45, 2.75) is 0 Å². The lowest BCUT2D eigenvalue weighted by Gasteiger charge is -2.01. The lowest BCUT2D eigenvalue weighted by Crippen LogP contribution is -1.73. The van der Waals surface area contributed by atoms with Gasteiger partial charge in [-0.3, -0.25) is 0 Å². The van der Waals surface area contributed by atoms with Crippen molar-refractivity contribution in [3.05, 3.63) is 36.4 Å². The summed E-state index contributed by atoms with van der Waals surface area (Å²) >= 11 is 3.70. The molecule has 0 saturated heterocycles. The Morgan fingerprint density at radius 1 is 1.07 bits per heavy atom. The van der Waals surface area contributed by atoms with E-state index in [9.17, 15) is 5.11 Å². The fourth-order valence-electron chi connectivity index (χ4n) is 1.24. The molecule has 0 aliphatic carbocycles. The van der Waals surface area contributed by atoms with Crippen molar-refractivity contribution >= 4 is 23.4 Å². The first-order valence-corrected chi connectivity index (χ1v) is 4.52. The molecule has 0 atom stereocenters. The van der Waals surface area contributed by atoms with Crippen LogP contribution >= 0.6 is 0 Å². The van der Waals surface area contributed by atoms with Crippen molar-refractivity contribution in [1.82, 2.24) is 0 Å². The van der Waals surface area contributed by atoms with Crippen molar-refractivity contribution in [3.8, 4) is 16.9 Å². The monoisotopic (exact) mass is 218 g/mol. The first kappa shape index (κ1) is 11.1. The molecule has 0 spiro atoms. The Balaban J connectivity index is 0.000000337. The molecule has 0 radical (unpaired) electrons. The Hall–Kier alpha value is -1.99. The van der Waals surface area contributed by atoms with Crippen LogP contribution in [-0.2, 0) is 12.6 Å². The largest absolute Gasteiger partial charge is 0.696 e. The van der Waals surface area contributed by atoms with Gasteiger partial charge in [-0.25, -0.2) is 5.26 Å². The highest BCUT2D eigenvalue weighted by atomic mass is 32.1. The molecule has 76 valence electrons. The van der Waals surface area contributed by atoms with Crippen LogP contribution in [0, 0.1) is 10.7 Å². The minimum absolute atomic E-state index is 0.0481. The lowest BCUT2D eigenvalue weighted by atomic mass is 10.1. The standard InChI is InChI=1S/C10H8O2.CHNS/c11-9-6-5-7-3-1-2-4-8(7)10(9)12;2-1-3/h1-6,11-12H;3H/p-1. The van der Waals surface area contributed by atoms with Crippen LogP contribution in [0.25, 0.3) is 10.8 Å². The smallest absolute Gasteiger partial charge is 0.165 e. The number of rotatable bonds is 0. The highest BCUT2D eigenvalue weighted by Crippen LogP contribution is 2.32. The number of thiocyanates is 1. The maximum absolute atomic E-state index is 9.41. The normalized spacial score (nSPS) is 8.73. The second-order valence-corrected chi connectivity index (χ2v) is 2.93. The molecule has 0 bridgehead atoms. The molecule has 15 heavy (non-hydrogen) atoms. The SMILES string of the molecule is N#C[S-].Oc1ccc2ccccc2c1O. The third-order valence-corrected chi connectivity index (χ3v) is 1.88. The molecular weight excluding hydrogens is 210 g/mol. The van der Waals surface area contributed by atoms with Crippen molar-refractivity contribution in [3.63, 3.8) is 0 Å². The molecule has 2 N–H and O–H groups in total. The summed E-state index contributed by atoms with van der Waals surface area (Å²) in [5, 5.41) is 28.6. The predicted octanol–water partition coefficient (Wildman–Crippen LogP) is 2.27. The number of phenols is 2. The van der Waals surface area contributed by atoms with Gasteiger partial charge in [-0.15, -0.1) is 0 Å². The fourth-order valence-corrected chi connectivity index (χ4v) is 1.24. The van der Waals surface area contributed by atoms with Crippen LogP contribution in [0.2, 0.25) is 0 Å². The van der Waals surface area contributed by atoms with Crippen LogP contribution in [0.5, 0.6) is 11.5 Å². The van der Waals surface area contributed by atoms with Gasteiger partial charge < -0.3 is 22.8 Å². The topological polar surface area (TPSA) is 64.2 Å². The van der Waals surface area contributed by atoms with Crippen molar-refractivity contribution in [2.75, 3.05) is 0 Å². The maximum atomic E-state index is 9.41. The molecule has 3 nitrogen and oxygen atoms in total. The van der Waals surface area contributed by atoms with E-state index in [0.717, 1.165) is 5.39 Å². The molecule has 0 aliphatic heterocycles. The summed E-state index contributed by atoms with van der Waals surface area (Å²) in [6.07, 6.45) is 0. The van der Waals surface area contributed by atoms with E-state index in [0.29, 0.717) is 5.39 Å².